The maximum atomic E-state index is 14.2. The Labute approximate surface area is 130 Å². The molecule has 1 heterocycles. The molecule has 2 atom stereocenters. The van der Waals surface area contributed by atoms with Gasteiger partial charge < -0.3 is 9.84 Å². The lowest BCUT2D eigenvalue weighted by atomic mass is 9.97. The molecular weight excluding hydrogens is 312 g/mol. The highest BCUT2D eigenvalue weighted by Gasteiger charge is 2.31. The first-order valence-corrected chi connectivity index (χ1v) is 7.21. The maximum absolute atomic E-state index is 14.2. The summed E-state index contributed by atoms with van der Waals surface area (Å²) in [6.07, 6.45) is -1.44. The first kappa shape index (κ1) is 16.0. The lowest BCUT2D eigenvalue weighted by Gasteiger charge is -2.13. The van der Waals surface area contributed by atoms with Crippen LogP contribution in [0, 0.1) is 23.3 Å². The molecule has 1 fully saturated rings. The highest BCUT2D eigenvalue weighted by molar-refractivity contribution is 5.66. The Morgan fingerprint density at radius 3 is 2.13 bits per heavy atom. The molecule has 3 rings (SSSR count). The van der Waals surface area contributed by atoms with Gasteiger partial charge in [-0.1, -0.05) is 31.2 Å². The maximum Gasteiger partial charge on any atom is 0.167 e. The molecule has 0 amide bonds. The Balaban J connectivity index is 2.09. The molecule has 2 aromatic rings. The Kier molecular flexibility index (Phi) is 4.12. The largest absolute Gasteiger partial charge is 0.388 e. The zero-order chi connectivity index (χ0) is 16.7. The second kappa shape index (κ2) is 5.94. The van der Waals surface area contributed by atoms with E-state index in [0.29, 0.717) is 6.61 Å². The van der Waals surface area contributed by atoms with E-state index in [4.69, 9.17) is 4.74 Å². The number of rotatable bonds is 4. The Bertz CT molecular complexity index is 757. The van der Waals surface area contributed by atoms with E-state index in [9.17, 15) is 22.7 Å². The minimum absolute atomic E-state index is 0.0603. The smallest absolute Gasteiger partial charge is 0.167 e. The lowest BCUT2D eigenvalue weighted by Crippen LogP contribution is -2.04. The Morgan fingerprint density at radius 1 is 1.00 bits per heavy atom. The molecule has 122 valence electrons. The topological polar surface area (TPSA) is 32.8 Å². The number of epoxide rings is 1. The summed E-state index contributed by atoms with van der Waals surface area (Å²) in [5, 5.41) is 9.64. The van der Waals surface area contributed by atoms with Crippen molar-refractivity contribution in [2.75, 3.05) is 6.61 Å². The van der Waals surface area contributed by atoms with Crippen molar-refractivity contribution < 1.29 is 27.4 Å². The van der Waals surface area contributed by atoms with Crippen LogP contribution in [0.25, 0.3) is 11.1 Å². The summed E-state index contributed by atoms with van der Waals surface area (Å²) < 4.78 is 61.4. The molecule has 0 bridgehead atoms. The Hall–Kier alpha value is -1.92. The van der Waals surface area contributed by atoms with Crippen LogP contribution in [0.2, 0.25) is 0 Å². The van der Waals surface area contributed by atoms with Crippen LogP contribution in [-0.4, -0.2) is 11.7 Å². The molecule has 0 aromatic heterocycles. The predicted octanol–water partition coefficient (Wildman–Crippen LogP) is 4.42. The van der Waals surface area contributed by atoms with Gasteiger partial charge in [0.2, 0.25) is 0 Å². The molecule has 2 nitrogen and oxygen atoms in total. The van der Waals surface area contributed by atoms with Crippen molar-refractivity contribution in [3.63, 3.8) is 0 Å². The fraction of sp³-hybridized carbons (Fsp3) is 0.294. The van der Waals surface area contributed by atoms with Gasteiger partial charge in [-0.25, -0.2) is 17.6 Å². The van der Waals surface area contributed by atoms with E-state index in [1.807, 2.05) is 0 Å². The quantitative estimate of drug-likeness (QED) is 0.666. The van der Waals surface area contributed by atoms with Gasteiger partial charge in [0, 0.05) is 22.3 Å². The van der Waals surface area contributed by atoms with Gasteiger partial charge in [0.05, 0.1) is 12.7 Å². The van der Waals surface area contributed by atoms with E-state index in [-0.39, 0.29) is 23.1 Å². The van der Waals surface area contributed by atoms with Crippen molar-refractivity contribution in [1.29, 1.82) is 0 Å². The van der Waals surface area contributed by atoms with E-state index >= 15 is 0 Å². The van der Waals surface area contributed by atoms with Gasteiger partial charge in [-0.15, -0.1) is 0 Å². The summed E-state index contributed by atoms with van der Waals surface area (Å²) in [5.74, 6) is -4.95. The van der Waals surface area contributed by atoms with Gasteiger partial charge in [-0.2, -0.15) is 0 Å². The van der Waals surface area contributed by atoms with E-state index in [2.05, 4.69) is 0 Å². The summed E-state index contributed by atoms with van der Waals surface area (Å²) in [4.78, 5) is 0. The van der Waals surface area contributed by atoms with Gasteiger partial charge >= 0.3 is 0 Å². The number of hydrogen-bond acceptors (Lipinski definition) is 2. The first-order chi connectivity index (χ1) is 11.0. The minimum atomic E-state index is -1.32. The van der Waals surface area contributed by atoms with Crippen LogP contribution < -0.4 is 0 Å². The third kappa shape index (κ3) is 2.72. The van der Waals surface area contributed by atoms with Crippen molar-refractivity contribution in [2.24, 2.45) is 0 Å². The number of halogens is 4. The van der Waals surface area contributed by atoms with Gasteiger partial charge in [-0.3, -0.25) is 0 Å². The highest BCUT2D eigenvalue weighted by atomic mass is 19.2. The lowest BCUT2D eigenvalue weighted by molar-refractivity contribution is 0.167. The molecule has 6 heteroatoms. The van der Waals surface area contributed by atoms with E-state index in [1.165, 1.54) is 18.2 Å². The van der Waals surface area contributed by atoms with E-state index in [0.717, 1.165) is 6.07 Å². The second-order valence-corrected chi connectivity index (χ2v) is 5.41. The summed E-state index contributed by atoms with van der Waals surface area (Å²) in [7, 11) is 0. The van der Waals surface area contributed by atoms with Crippen LogP contribution in [0.15, 0.2) is 24.3 Å². The molecule has 0 aliphatic carbocycles. The number of hydrogen-bond donors (Lipinski definition) is 1. The van der Waals surface area contributed by atoms with Crippen molar-refractivity contribution in [3.8, 4) is 11.1 Å². The SMILES string of the molecule is CCC(O)c1ccc(-c2ccc(C3CO3)c(F)c2F)c(F)c1F. The monoisotopic (exact) mass is 326 g/mol. The predicted molar refractivity (Wildman–Crippen MR) is 75.7 cm³/mol. The fourth-order valence-corrected chi connectivity index (χ4v) is 2.50. The van der Waals surface area contributed by atoms with Crippen molar-refractivity contribution >= 4 is 0 Å². The molecule has 2 aromatic carbocycles. The molecule has 1 aliphatic rings. The zero-order valence-corrected chi connectivity index (χ0v) is 12.2. The molecule has 0 saturated carbocycles. The fourth-order valence-electron chi connectivity index (χ4n) is 2.50. The minimum Gasteiger partial charge on any atom is -0.388 e. The average Bonchev–Trinajstić information content (AvgIpc) is 3.37. The second-order valence-electron chi connectivity index (χ2n) is 5.41. The van der Waals surface area contributed by atoms with Gasteiger partial charge in [0.25, 0.3) is 0 Å². The summed E-state index contributed by atoms with van der Waals surface area (Å²) in [5.41, 5.74) is -0.919. The number of aliphatic hydroxyl groups is 1. The molecule has 2 unspecified atom stereocenters. The van der Waals surface area contributed by atoms with Crippen LogP contribution in [0.1, 0.15) is 36.7 Å². The van der Waals surface area contributed by atoms with E-state index in [1.54, 1.807) is 6.92 Å². The van der Waals surface area contributed by atoms with Crippen molar-refractivity contribution in [3.05, 3.63) is 58.7 Å². The molecule has 0 radical (unpaired) electrons. The number of ether oxygens (including phenoxy) is 1. The third-order valence-electron chi connectivity index (χ3n) is 3.94. The van der Waals surface area contributed by atoms with Crippen LogP contribution in [-0.2, 0) is 4.74 Å². The highest BCUT2D eigenvalue weighted by Crippen LogP contribution is 2.37. The molecule has 23 heavy (non-hydrogen) atoms. The molecule has 1 N–H and O–H groups in total. The van der Waals surface area contributed by atoms with Crippen molar-refractivity contribution in [2.45, 2.75) is 25.6 Å². The Morgan fingerprint density at radius 2 is 1.57 bits per heavy atom. The number of benzene rings is 2. The van der Waals surface area contributed by atoms with Crippen molar-refractivity contribution in [1.82, 2.24) is 0 Å². The normalized spacial score (nSPS) is 18.1. The standard InChI is InChI=1S/C17H14F4O2/c1-2-12(22)10-5-3-8(14(18)16(10)20)9-4-6-11(13-7-23-13)17(21)15(9)19/h3-6,12-13,22H,2,7H2,1H3. The molecule has 0 spiro atoms. The number of aliphatic hydroxyl groups excluding tert-OH is 1. The van der Waals surface area contributed by atoms with E-state index < -0.39 is 41.0 Å². The molecular formula is C17H14F4O2. The zero-order valence-electron chi connectivity index (χ0n) is 12.2. The summed E-state index contributed by atoms with van der Waals surface area (Å²) in [6, 6.07) is 4.82. The van der Waals surface area contributed by atoms with Gasteiger partial charge in [0.15, 0.2) is 23.3 Å². The molecule has 1 saturated heterocycles. The van der Waals surface area contributed by atoms with Crippen LogP contribution in [0.5, 0.6) is 0 Å². The summed E-state index contributed by atoms with van der Waals surface area (Å²) >= 11 is 0. The molecule has 1 aliphatic heterocycles. The third-order valence-corrected chi connectivity index (χ3v) is 3.94. The van der Waals surface area contributed by atoms with Gasteiger partial charge in [0.1, 0.15) is 6.10 Å². The van der Waals surface area contributed by atoms with Crippen LogP contribution in [0.3, 0.4) is 0 Å². The van der Waals surface area contributed by atoms with Crippen LogP contribution >= 0.6 is 0 Å². The van der Waals surface area contributed by atoms with Gasteiger partial charge in [-0.05, 0) is 6.42 Å². The average molecular weight is 326 g/mol. The van der Waals surface area contributed by atoms with Crippen LogP contribution in [0.4, 0.5) is 17.6 Å². The summed E-state index contributed by atoms with van der Waals surface area (Å²) in [6.45, 7) is 1.92. The first-order valence-electron chi connectivity index (χ1n) is 7.21.